The van der Waals surface area contributed by atoms with Crippen molar-refractivity contribution in [1.29, 1.82) is 5.26 Å². The molecule has 0 aliphatic carbocycles. The van der Waals surface area contributed by atoms with Crippen molar-refractivity contribution in [3.63, 3.8) is 0 Å². The molecule has 0 bridgehead atoms. The van der Waals surface area contributed by atoms with Gasteiger partial charge in [-0.25, -0.2) is 9.97 Å². The maximum atomic E-state index is 8.31. The van der Waals surface area contributed by atoms with Gasteiger partial charge in [0.15, 0.2) is 6.07 Å². The summed E-state index contributed by atoms with van der Waals surface area (Å²) in [5.41, 5.74) is 1.46. The number of aromatic nitrogens is 2. The second-order valence-electron chi connectivity index (χ2n) is 2.76. The van der Waals surface area contributed by atoms with Crippen LogP contribution in [0.5, 0.6) is 0 Å². The van der Waals surface area contributed by atoms with Gasteiger partial charge in [0, 0.05) is 16.9 Å². The molecule has 70 valence electrons. The van der Waals surface area contributed by atoms with Crippen molar-refractivity contribution < 1.29 is 0 Å². The van der Waals surface area contributed by atoms with E-state index in [2.05, 4.69) is 21.8 Å². The highest BCUT2D eigenvalue weighted by molar-refractivity contribution is 6.34. The Labute approximate surface area is 91.3 Å². The number of nitriles is 1. The molecule has 2 aromatic rings. The van der Waals surface area contributed by atoms with Crippen molar-refractivity contribution >= 4 is 22.5 Å². The Morgan fingerprint density at radius 2 is 2.13 bits per heavy atom. The van der Waals surface area contributed by atoms with Crippen LogP contribution in [-0.4, -0.2) is 9.97 Å². The van der Waals surface area contributed by atoms with Crippen molar-refractivity contribution in [2.45, 2.75) is 0 Å². The van der Waals surface area contributed by atoms with Crippen LogP contribution < -0.4 is 0 Å². The minimum Gasteiger partial charge on any atom is -0.236 e. The first-order valence-corrected chi connectivity index (χ1v) is 4.49. The molecule has 0 spiro atoms. The summed E-state index contributed by atoms with van der Waals surface area (Å²) in [5, 5.41) is 9.51. The summed E-state index contributed by atoms with van der Waals surface area (Å²) < 4.78 is 0. The lowest BCUT2D eigenvalue weighted by Crippen LogP contribution is -1.84. The van der Waals surface area contributed by atoms with Crippen molar-refractivity contribution in [2.24, 2.45) is 0 Å². The van der Waals surface area contributed by atoms with Crippen molar-refractivity contribution in [1.82, 2.24) is 9.97 Å². The van der Waals surface area contributed by atoms with Crippen LogP contribution in [0.4, 0.5) is 0 Å². The Balaban J connectivity index is 2.63. The summed E-state index contributed by atoms with van der Waals surface area (Å²) in [6.45, 7) is 0. The normalized spacial score (nSPS) is 9.07. The van der Waals surface area contributed by atoms with Gasteiger partial charge in [-0.2, -0.15) is 5.26 Å². The van der Waals surface area contributed by atoms with Gasteiger partial charge in [0.1, 0.15) is 11.5 Å². The molecule has 1 aromatic heterocycles. The summed E-state index contributed by atoms with van der Waals surface area (Å²) in [7, 11) is 0. The molecule has 2 rings (SSSR count). The zero-order chi connectivity index (χ0) is 10.7. The van der Waals surface area contributed by atoms with E-state index in [1.165, 1.54) is 6.33 Å². The zero-order valence-electron chi connectivity index (χ0n) is 7.53. The number of benzene rings is 1. The molecular weight excluding hydrogens is 210 g/mol. The average Bonchev–Trinajstić information content (AvgIpc) is 2.26. The minimum atomic E-state index is 0.416. The number of halogens is 1. The maximum absolute atomic E-state index is 8.31. The maximum Gasteiger partial charge on any atom is 0.152 e. The number of nitrogens with zero attached hydrogens (tertiary/aromatic N) is 3. The summed E-state index contributed by atoms with van der Waals surface area (Å²) in [4.78, 5) is 7.93. The van der Waals surface area contributed by atoms with Gasteiger partial charge in [0.25, 0.3) is 0 Å². The van der Waals surface area contributed by atoms with E-state index in [1.807, 2.05) is 0 Å². The van der Waals surface area contributed by atoms with E-state index in [-0.39, 0.29) is 0 Å². The topological polar surface area (TPSA) is 49.6 Å². The predicted octanol–water partition coefficient (Wildman–Crippen LogP) is 2.16. The Hall–Kier alpha value is -2.10. The Morgan fingerprint density at radius 3 is 2.93 bits per heavy atom. The average molecular weight is 214 g/mol. The van der Waals surface area contributed by atoms with Crippen molar-refractivity contribution in [2.75, 3.05) is 0 Å². The van der Waals surface area contributed by atoms with Crippen LogP contribution in [0.25, 0.3) is 10.9 Å². The first kappa shape index (κ1) is 9.45. The molecule has 0 fully saturated rings. The van der Waals surface area contributed by atoms with E-state index in [0.29, 0.717) is 5.15 Å². The molecule has 0 amide bonds. The molecule has 15 heavy (non-hydrogen) atoms. The Kier molecular flexibility index (Phi) is 2.49. The van der Waals surface area contributed by atoms with Crippen LogP contribution in [0.2, 0.25) is 5.15 Å². The number of hydrogen-bond acceptors (Lipinski definition) is 3. The minimum absolute atomic E-state index is 0.416. The number of fused-ring (bicyclic) bond motifs is 1. The summed E-state index contributed by atoms with van der Waals surface area (Å²) >= 11 is 5.87. The summed E-state index contributed by atoms with van der Waals surface area (Å²) in [5.74, 6) is 5.01. The molecule has 0 N–H and O–H groups in total. The fraction of sp³-hybridized carbons (Fsp3) is 0. The molecule has 0 atom stereocenters. The highest BCUT2D eigenvalue weighted by atomic mass is 35.5. The van der Waals surface area contributed by atoms with Gasteiger partial charge in [-0.15, -0.1) is 0 Å². The Morgan fingerprint density at radius 1 is 1.27 bits per heavy atom. The van der Waals surface area contributed by atoms with Crippen LogP contribution in [-0.2, 0) is 0 Å². The number of hydrogen-bond donors (Lipinski definition) is 0. The van der Waals surface area contributed by atoms with Crippen molar-refractivity contribution in [3.05, 3.63) is 35.2 Å². The predicted molar refractivity (Wildman–Crippen MR) is 57.0 cm³/mol. The lowest BCUT2D eigenvalue weighted by molar-refractivity contribution is 1.22. The lowest BCUT2D eigenvalue weighted by Gasteiger charge is -1.98. The van der Waals surface area contributed by atoms with Crippen LogP contribution in [0.1, 0.15) is 5.56 Å². The third-order valence-corrected chi connectivity index (χ3v) is 2.15. The van der Waals surface area contributed by atoms with Crippen molar-refractivity contribution in [3.8, 4) is 17.9 Å². The molecular formula is C11H4ClN3. The molecule has 3 nitrogen and oxygen atoms in total. The molecule has 0 saturated carbocycles. The van der Waals surface area contributed by atoms with Gasteiger partial charge in [-0.05, 0) is 18.2 Å². The molecule has 1 heterocycles. The number of rotatable bonds is 0. The van der Waals surface area contributed by atoms with Gasteiger partial charge >= 0.3 is 0 Å². The third kappa shape index (κ3) is 1.88. The van der Waals surface area contributed by atoms with Crippen LogP contribution in [0.3, 0.4) is 0 Å². The molecule has 1 aromatic carbocycles. The fourth-order valence-electron chi connectivity index (χ4n) is 1.20. The second-order valence-corrected chi connectivity index (χ2v) is 3.12. The molecule has 0 aliphatic heterocycles. The van der Waals surface area contributed by atoms with E-state index in [0.717, 1.165) is 16.5 Å². The van der Waals surface area contributed by atoms with E-state index in [1.54, 1.807) is 24.3 Å². The highest BCUT2D eigenvalue weighted by Gasteiger charge is 2.00. The van der Waals surface area contributed by atoms with E-state index in [9.17, 15) is 0 Å². The molecule has 0 saturated heterocycles. The zero-order valence-corrected chi connectivity index (χ0v) is 8.28. The van der Waals surface area contributed by atoms with Gasteiger partial charge in [0.2, 0.25) is 0 Å². The first-order valence-electron chi connectivity index (χ1n) is 4.11. The highest BCUT2D eigenvalue weighted by Crippen LogP contribution is 2.19. The van der Waals surface area contributed by atoms with Crippen LogP contribution >= 0.6 is 11.6 Å². The second kappa shape index (κ2) is 3.96. The monoisotopic (exact) mass is 213 g/mol. The summed E-state index contributed by atoms with van der Waals surface area (Å²) in [6.07, 6.45) is 1.40. The SMILES string of the molecule is N#CC#Cc1ccc2c(Cl)ncnc2c1. The van der Waals surface area contributed by atoms with E-state index in [4.69, 9.17) is 16.9 Å². The third-order valence-electron chi connectivity index (χ3n) is 1.85. The molecule has 0 radical (unpaired) electrons. The van der Waals surface area contributed by atoms with Crippen LogP contribution in [0.15, 0.2) is 24.5 Å². The van der Waals surface area contributed by atoms with E-state index >= 15 is 0 Å². The first-order chi connectivity index (χ1) is 7.31. The summed E-state index contributed by atoms with van der Waals surface area (Å²) in [6, 6.07) is 7.10. The van der Waals surface area contributed by atoms with Gasteiger partial charge < -0.3 is 0 Å². The fourth-order valence-corrected chi connectivity index (χ4v) is 1.41. The van der Waals surface area contributed by atoms with E-state index < -0.39 is 0 Å². The lowest BCUT2D eigenvalue weighted by atomic mass is 10.1. The van der Waals surface area contributed by atoms with Gasteiger partial charge in [-0.1, -0.05) is 17.5 Å². The van der Waals surface area contributed by atoms with Gasteiger partial charge in [0.05, 0.1) is 5.52 Å². The molecule has 0 aliphatic rings. The largest absolute Gasteiger partial charge is 0.236 e. The Bertz CT molecular complexity index is 617. The smallest absolute Gasteiger partial charge is 0.152 e. The molecule has 4 heteroatoms. The molecule has 0 unspecified atom stereocenters. The quantitative estimate of drug-likeness (QED) is 0.498. The van der Waals surface area contributed by atoms with Gasteiger partial charge in [-0.3, -0.25) is 0 Å². The standard InChI is InChI=1S/C11H4ClN3/c12-11-9-4-3-8(2-1-5-13)6-10(9)14-7-15-11/h3-4,6-7H. The van der Waals surface area contributed by atoms with Crippen LogP contribution in [0, 0.1) is 23.2 Å².